The number of aromatic nitrogens is 3. The number of nitrogens with one attached hydrogen (secondary N) is 1. The van der Waals surface area contributed by atoms with Gasteiger partial charge in [-0.25, -0.2) is 4.68 Å². The zero-order valence-electron chi connectivity index (χ0n) is 26.1. The van der Waals surface area contributed by atoms with Gasteiger partial charge in [-0.05, 0) is 37.1 Å². The fourth-order valence-corrected chi connectivity index (χ4v) is 8.16. The molecule has 1 aromatic heterocycles. The number of carbonyl (C=O) groups excluding carboxylic acids is 4. The van der Waals surface area contributed by atoms with Gasteiger partial charge in [0, 0.05) is 24.0 Å². The van der Waals surface area contributed by atoms with Gasteiger partial charge in [-0.1, -0.05) is 75.8 Å². The van der Waals surface area contributed by atoms with Crippen LogP contribution in [-0.4, -0.2) is 97.1 Å². The van der Waals surface area contributed by atoms with Crippen molar-refractivity contribution in [2.75, 3.05) is 19.7 Å². The topological polar surface area (TPSA) is 156 Å². The highest BCUT2D eigenvalue weighted by Gasteiger charge is 2.75. The number of benzene rings is 2. The van der Waals surface area contributed by atoms with E-state index in [0.717, 1.165) is 0 Å². The molecule has 5 heterocycles. The summed E-state index contributed by atoms with van der Waals surface area (Å²) in [4.78, 5) is 59.2. The Morgan fingerprint density at radius 2 is 1.79 bits per heavy atom. The molecule has 2 aromatic carbocycles. The van der Waals surface area contributed by atoms with E-state index in [1.54, 1.807) is 23.8 Å². The van der Waals surface area contributed by atoms with Gasteiger partial charge < -0.3 is 29.7 Å². The Hall–Kier alpha value is -4.40. The molecule has 5 bridgehead atoms. The highest BCUT2D eigenvalue weighted by Crippen LogP contribution is 2.59. The molecule has 48 heavy (non-hydrogen) atoms. The van der Waals surface area contributed by atoms with E-state index in [0.29, 0.717) is 27.5 Å². The third kappa shape index (κ3) is 5.41. The molecule has 3 aromatic rings. The predicted octanol–water partition coefficient (Wildman–Crippen LogP) is 2.22. The van der Waals surface area contributed by atoms with Gasteiger partial charge in [0.05, 0.1) is 24.1 Å². The zero-order chi connectivity index (χ0) is 33.6. The molecular formula is C34H35BrN6O7. The van der Waals surface area contributed by atoms with E-state index in [9.17, 15) is 24.3 Å². The number of fused-ring (bicyclic) bond motifs is 3. The Morgan fingerprint density at radius 1 is 1.02 bits per heavy atom. The number of allylic oxidation sites excluding steroid dienone is 1. The summed E-state index contributed by atoms with van der Waals surface area (Å²) in [5.74, 6) is -4.02. The van der Waals surface area contributed by atoms with Crippen LogP contribution in [0.3, 0.4) is 0 Å². The van der Waals surface area contributed by atoms with Gasteiger partial charge in [-0.3, -0.25) is 19.2 Å². The molecule has 3 amide bonds. The highest BCUT2D eigenvalue weighted by molar-refractivity contribution is 9.11. The number of hydrogen-bond acceptors (Lipinski definition) is 9. The number of esters is 1. The first-order chi connectivity index (χ1) is 23.2. The number of rotatable bonds is 5. The second-order valence-corrected chi connectivity index (χ2v) is 13.4. The number of nitrogens with zero attached hydrogens (tertiary/aromatic N) is 5. The second kappa shape index (κ2) is 12.9. The van der Waals surface area contributed by atoms with Crippen LogP contribution in [0.2, 0.25) is 0 Å². The van der Waals surface area contributed by atoms with Gasteiger partial charge in [0.2, 0.25) is 11.8 Å². The van der Waals surface area contributed by atoms with Gasteiger partial charge in [0.15, 0.2) is 0 Å². The molecule has 7 atom stereocenters. The number of carbonyl (C=O) groups is 4. The summed E-state index contributed by atoms with van der Waals surface area (Å²) in [5, 5.41) is 21.5. The standard InChI is InChI=1S/C34H35BrN6O7/c1-20-28(21-10-4-2-5-11-21)47-33(46)26-27-31(44)40(16-17-42)30(34(27)18-22(35)29(26)48-34)32(45)39(15-9-3-6-14-25(43)36-20)19-41-24-13-8-7-12-23(24)37-38-41/h2-5,7-13,18,20,26-30,42H,6,14-17,19H2,1H3,(H,36,43)/b9-3-/t20-,26+,27-,28+,29+,30+,34-/m1/s1. The Bertz CT molecular complexity index is 1810. The quantitative estimate of drug-likeness (QED) is 0.298. The Balaban J connectivity index is 1.31. The van der Waals surface area contributed by atoms with E-state index in [1.807, 2.05) is 60.7 Å². The van der Waals surface area contributed by atoms with Crippen molar-refractivity contribution in [3.63, 3.8) is 0 Å². The van der Waals surface area contributed by atoms with Crippen LogP contribution in [0, 0.1) is 11.8 Å². The number of ether oxygens (including phenoxy) is 2. The first-order valence-corrected chi connectivity index (χ1v) is 16.8. The summed E-state index contributed by atoms with van der Waals surface area (Å²) < 4.78 is 14.8. The van der Waals surface area contributed by atoms with Crippen molar-refractivity contribution in [1.29, 1.82) is 0 Å². The van der Waals surface area contributed by atoms with Crippen LogP contribution >= 0.6 is 15.9 Å². The molecule has 2 saturated heterocycles. The van der Waals surface area contributed by atoms with Crippen LogP contribution in [0.4, 0.5) is 0 Å². The highest BCUT2D eigenvalue weighted by atomic mass is 79.9. The predicted molar refractivity (Wildman–Crippen MR) is 175 cm³/mol. The molecular weight excluding hydrogens is 684 g/mol. The van der Waals surface area contributed by atoms with Crippen molar-refractivity contribution in [3.8, 4) is 0 Å². The number of aliphatic hydroxyl groups is 1. The molecule has 0 unspecified atom stereocenters. The molecule has 0 radical (unpaired) electrons. The average Bonchev–Trinajstić information content (AvgIpc) is 3.80. The fourth-order valence-electron chi connectivity index (χ4n) is 7.43. The molecule has 250 valence electrons. The van der Waals surface area contributed by atoms with Crippen LogP contribution in [0.25, 0.3) is 11.0 Å². The summed E-state index contributed by atoms with van der Waals surface area (Å²) in [6.07, 6.45) is 4.19. The number of para-hydroxylation sites is 1. The molecule has 1 spiro atoms. The van der Waals surface area contributed by atoms with Crippen molar-refractivity contribution < 1.29 is 33.8 Å². The molecule has 2 N–H and O–H groups in total. The van der Waals surface area contributed by atoms with Crippen molar-refractivity contribution >= 4 is 50.7 Å². The van der Waals surface area contributed by atoms with Crippen LogP contribution in [0.5, 0.6) is 0 Å². The van der Waals surface area contributed by atoms with Crippen LogP contribution in [0.15, 0.2) is 77.3 Å². The molecule has 0 saturated carbocycles. The van der Waals surface area contributed by atoms with Crippen LogP contribution in [-0.2, 0) is 35.3 Å². The van der Waals surface area contributed by atoms with Gasteiger partial charge in [-0.2, -0.15) is 0 Å². The minimum atomic E-state index is -1.50. The number of cyclic esters (lactones) is 1. The van der Waals surface area contributed by atoms with Gasteiger partial charge >= 0.3 is 5.97 Å². The smallest absolute Gasteiger partial charge is 0.313 e. The lowest BCUT2D eigenvalue weighted by Gasteiger charge is -2.35. The maximum atomic E-state index is 14.8. The molecule has 4 aliphatic heterocycles. The van der Waals surface area contributed by atoms with E-state index in [-0.39, 0.29) is 32.1 Å². The number of hydrogen-bond donors (Lipinski definition) is 2. The first kappa shape index (κ1) is 32.2. The van der Waals surface area contributed by atoms with E-state index in [2.05, 4.69) is 31.6 Å². The van der Waals surface area contributed by atoms with Gasteiger partial charge in [0.1, 0.15) is 42.0 Å². The molecule has 4 aliphatic rings. The SMILES string of the molecule is C[C@H]1NC(=O)CC/C=C\CN(Cn2nnc3ccccc32)C(=O)[C@@H]2N(CCO)C(=O)[C@H]3[C@H](C(=O)O[C@@H]1c1ccccc1)[C@H]1O[C@@]23C=C1Br. The summed E-state index contributed by atoms with van der Waals surface area (Å²) >= 11 is 3.56. The molecule has 14 heteroatoms. The number of aliphatic hydroxyl groups excluding tert-OH is 1. The largest absolute Gasteiger partial charge is 0.455 e. The Morgan fingerprint density at radius 3 is 2.58 bits per heavy atom. The molecule has 0 aliphatic carbocycles. The molecule has 13 nitrogen and oxygen atoms in total. The van der Waals surface area contributed by atoms with E-state index < -0.39 is 66.1 Å². The lowest BCUT2D eigenvalue weighted by atomic mass is 9.74. The third-order valence-corrected chi connectivity index (χ3v) is 10.2. The monoisotopic (exact) mass is 718 g/mol. The number of β-amino-alcohol motifs (C(OH)–C–C–N with tert-alkyl or cyclic N) is 1. The normalized spacial score (nSPS) is 31.5. The number of likely N-dealkylation sites (tertiary alicyclic amines) is 1. The first-order valence-electron chi connectivity index (χ1n) is 16.0. The minimum Gasteiger partial charge on any atom is -0.455 e. The van der Waals surface area contributed by atoms with Crippen molar-refractivity contribution in [2.45, 2.75) is 56.3 Å². The fraction of sp³-hybridized carbons (Fsp3) is 0.412. The summed E-state index contributed by atoms with van der Waals surface area (Å²) in [7, 11) is 0. The van der Waals surface area contributed by atoms with Gasteiger partial charge in [0.25, 0.3) is 5.91 Å². The molecule has 7 rings (SSSR count). The van der Waals surface area contributed by atoms with E-state index in [4.69, 9.17) is 9.47 Å². The van der Waals surface area contributed by atoms with Crippen molar-refractivity contribution in [2.24, 2.45) is 11.8 Å². The van der Waals surface area contributed by atoms with Crippen molar-refractivity contribution in [1.82, 2.24) is 30.1 Å². The lowest BCUT2D eigenvalue weighted by molar-refractivity contribution is -0.161. The number of halogens is 1. The van der Waals surface area contributed by atoms with E-state index in [1.165, 1.54) is 9.80 Å². The summed E-state index contributed by atoms with van der Waals surface area (Å²) in [6, 6.07) is 14.7. The summed E-state index contributed by atoms with van der Waals surface area (Å²) in [5.41, 5.74) is 0.543. The average molecular weight is 720 g/mol. The minimum absolute atomic E-state index is 0.00136. The van der Waals surface area contributed by atoms with E-state index >= 15 is 0 Å². The zero-order valence-corrected chi connectivity index (χ0v) is 27.7. The van der Waals surface area contributed by atoms with Crippen molar-refractivity contribution in [3.05, 3.63) is 82.9 Å². The second-order valence-electron chi connectivity index (χ2n) is 12.5. The maximum absolute atomic E-state index is 14.8. The van der Waals surface area contributed by atoms with Crippen LogP contribution in [0.1, 0.15) is 31.4 Å². The number of amides is 3. The van der Waals surface area contributed by atoms with Gasteiger partial charge in [-0.15, -0.1) is 5.10 Å². The summed E-state index contributed by atoms with van der Waals surface area (Å²) in [6.45, 7) is 1.35. The third-order valence-electron chi connectivity index (χ3n) is 9.55. The Kier molecular flexibility index (Phi) is 8.64. The van der Waals surface area contributed by atoms with Crippen LogP contribution < -0.4 is 5.32 Å². The maximum Gasteiger partial charge on any atom is 0.313 e. The lowest BCUT2D eigenvalue weighted by Crippen LogP contribution is -2.56. The molecule has 2 fully saturated rings. The Labute approximate surface area is 284 Å².